The number of ether oxygens (including phenoxy) is 4. The van der Waals surface area contributed by atoms with Crippen molar-refractivity contribution in [3.05, 3.63) is 35.9 Å². The quantitative estimate of drug-likeness (QED) is 0.289. The van der Waals surface area contributed by atoms with Crippen molar-refractivity contribution in [3.63, 3.8) is 0 Å². The Hall–Kier alpha value is -4.76. The molecule has 1 fully saturated rings. The second kappa shape index (κ2) is 11.8. The van der Waals surface area contributed by atoms with Crippen LogP contribution in [0.3, 0.4) is 0 Å². The van der Waals surface area contributed by atoms with Crippen molar-refractivity contribution in [2.45, 2.75) is 6.54 Å². The second-order valence-corrected chi connectivity index (χ2v) is 9.18. The van der Waals surface area contributed by atoms with Crippen molar-refractivity contribution in [1.82, 2.24) is 29.5 Å². The number of aromatic nitrogens is 6. The van der Waals surface area contributed by atoms with Gasteiger partial charge in [-0.3, -0.25) is 0 Å². The standard InChI is InChI=1S/C26H31N9O6/c1-33(26-28-12-16(13-29-26)25(36)41-27)14-19-30-20-23(34(19)2)31-22(32-24(20)35-6-8-40-9-7-35)15-10-17(37-3)21(39-5)18(11-15)38-4/h10-13H,6-9,14,27H2,1-5H3. The lowest BCUT2D eigenvalue weighted by Crippen LogP contribution is -2.37. The molecule has 0 aliphatic carbocycles. The molecule has 0 spiro atoms. The van der Waals surface area contributed by atoms with Crippen LogP contribution in [0.15, 0.2) is 24.5 Å². The number of imidazole rings is 1. The average molecular weight is 566 g/mol. The second-order valence-electron chi connectivity index (χ2n) is 9.18. The Labute approximate surface area is 235 Å². The Bertz CT molecular complexity index is 1530. The van der Waals surface area contributed by atoms with Crippen LogP contribution >= 0.6 is 0 Å². The molecule has 0 radical (unpaired) electrons. The highest BCUT2D eigenvalue weighted by atomic mass is 16.7. The molecule has 4 heterocycles. The maximum Gasteiger partial charge on any atom is 0.359 e. The Balaban J connectivity index is 1.58. The molecule has 0 bridgehead atoms. The predicted molar refractivity (Wildman–Crippen MR) is 148 cm³/mol. The Morgan fingerprint density at radius 1 is 1.02 bits per heavy atom. The molecule has 1 saturated heterocycles. The van der Waals surface area contributed by atoms with Crippen molar-refractivity contribution in [1.29, 1.82) is 0 Å². The van der Waals surface area contributed by atoms with E-state index in [9.17, 15) is 4.79 Å². The van der Waals surface area contributed by atoms with Gasteiger partial charge in [-0.25, -0.2) is 29.7 Å². The SMILES string of the molecule is COc1cc(-c2nc(N3CCOCC3)c3nc(CN(C)c4ncc(C(=O)ON)cn4)n(C)c3n2)cc(OC)c1OC. The van der Waals surface area contributed by atoms with Gasteiger partial charge in [0.05, 0.1) is 46.7 Å². The van der Waals surface area contributed by atoms with Gasteiger partial charge in [-0.2, -0.15) is 5.90 Å². The van der Waals surface area contributed by atoms with Crippen LogP contribution in [0, 0.1) is 0 Å². The minimum atomic E-state index is -0.716. The summed E-state index contributed by atoms with van der Waals surface area (Å²) in [5.41, 5.74) is 2.16. The molecule has 15 nitrogen and oxygen atoms in total. The maximum absolute atomic E-state index is 11.6. The van der Waals surface area contributed by atoms with E-state index in [4.69, 9.17) is 39.8 Å². The Morgan fingerprint density at radius 2 is 1.68 bits per heavy atom. The van der Waals surface area contributed by atoms with Gasteiger partial charge in [-0.05, 0) is 12.1 Å². The van der Waals surface area contributed by atoms with Crippen molar-refractivity contribution >= 4 is 28.9 Å². The van der Waals surface area contributed by atoms with E-state index in [1.807, 2.05) is 30.8 Å². The number of carbonyl (C=O) groups is 1. The summed E-state index contributed by atoms with van der Waals surface area (Å²) in [6.07, 6.45) is 2.71. The van der Waals surface area contributed by atoms with Crippen LogP contribution in [0.25, 0.3) is 22.6 Å². The summed E-state index contributed by atoms with van der Waals surface area (Å²) in [5, 5.41) is 0. The summed E-state index contributed by atoms with van der Waals surface area (Å²) in [6.45, 7) is 2.85. The first-order valence-corrected chi connectivity index (χ1v) is 12.7. The molecule has 1 aliphatic rings. The van der Waals surface area contributed by atoms with Gasteiger partial charge < -0.3 is 38.2 Å². The zero-order chi connectivity index (χ0) is 29.1. The van der Waals surface area contributed by atoms with Gasteiger partial charge in [0.1, 0.15) is 5.82 Å². The third-order valence-electron chi connectivity index (χ3n) is 6.73. The lowest BCUT2D eigenvalue weighted by atomic mass is 10.1. The third kappa shape index (κ3) is 5.36. The molecule has 2 N–H and O–H groups in total. The molecule has 15 heteroatoms. The molecule has 0 unspecified atom stereocenters. The number of methoxy groups -OCH3 is 3. The van der Waals surface area contributed by atoms with E-state index in [0.717, 1.165) is 0 Å². The van der Waals surface area contributed by atoms with Gasteiger partial charge in [0.2, 0.25) is 11.7 Å². The highest BCUT2D eigenvalue weighted by Crippen LogP contribution is 2.41. The van der Waals surface area contributed by atoms with Crippen molar-refractivity contribution in [2.75, 3.05) is 64.5 Å². The average Bonchev–Trinajstić information content (AvgIpc) is 3.34. The molecule has 0 atom stereocenters. The van der Waals surface area contributed by atoms with Gasteiger partial charge in [0.25, 0.3) is 0 Å². The maximum atomic E-state index is 11.6. The van der Waals surface area contributed by atoms with Gasteiger partial charge in [-0.1, -0.05) is 0 Å². The van der Waals surface area contributed by atoms with Crippen molar-refractivity contribution in [2.24, 2.45) is 12.9 Å². The van der Waals surface area contributed by atoms with Crippen LogP contribution < -0.4 is 29.9 Å². The first-order chi connectivity index (χ1) is 19.9. The van der Waals surface area contributed by atoms with E-state index < -0.39 is 5.97 Å². The third-order valence-corrected chi connectivity index (χ3v) is 6.73. The summed E-state index contributed by atoms with van der Waals surface area (Å²) in [5.74, 6) is 7.99. The number of benzene rings is 1. The lowest BCUT2D eigenvalue weighted by Gasteiger charge is -2.28. The molecule has 3 aromatic heterocycles. The van der Waals surface area contributed by atoms with Crippen LogP contribution in [0.1, 0.15) is 16.2 Å². The molecule has 216 valence electrons. The highest BCUT2D eigenvalue weighted by Gasteiger charge is 2.24. The fourth-order valence-corrected chi connectivity index (χ4v) is 4.54. The van der Waals surface area contributed by atoms with Crippen molar-refractivity contribution < 1.29 is 28.6 Å². The number of hydrogen-bond donors (Lipinski definition) is 1. The smallest absolute Gasteiger partial charge is 0.359 e. The number of aryl methyl sites for hydroxylation is 1. The van der Waals surface area contributed by atoms with Crippen LogP contribution in [-0.2, 0) is 23.2 Å². The van der Waals surface area contributed by atoms with Gasteiger partial charge >= 0.3 is 5.97 Å². The number of nitrogens with zero attached hydrogens (tertiary/aromatic N) is 8. The van der Waals surface area contributed by atoms with E-state index in [1.165, 1.54) is 12.4 Å². The van der Waals surface area contributed by atoms with Gasteiger partial charge in [0, 0.05) is 45.1 Å². The fraction of sp³-hybridized carbons (Fsp3) is 0.385. The molecule has 4 aromatic rings. The molecule has 5 rings (SSSR count). The molecule has 1 aromatic carbocycles. The summed E-state index contributed by atoms with van der Waals surface area (Å²) in [7, 11) is 8.41. The van der Waals surface area contributed by atoms with E-state index in [-0.39, 0.29) is 5.56 Å². The number of fused-ring (bicyclic) bond motifs is 1. The first-order valence-electron chi connectivity index (χ1n) is 12.7. The number of morpholine rings is 1. The number of hydrogen-bond acceptors (Lipinski definition) is 14. The Morgan fingerprint density at radius 3 is 2.27 bits per heavy atom. The summed E-state index contributed by atoms with van der Waals surface area (Å²) < 4.78 is 24.1. The van der Waals surface area contributed by atoms with E-state index in [1.54, 1.807) is 26.2 Å². The molecule has 41 heavy (non-hydrogen) atoms. The van der Waals surface area contributed by atoms with E-state index in [0.29, 0.717) is 90.2 Å². The molecular formula is C26H31N9O6. The van der Waals surface area contributed by atoms with Crippen molar-refractivity contribution in [3.8, 4) is 28.6 Å². The Kier molecular flexibility index (Phi) is 7.98. The zero-order valence-corrected chi connectivity index (χ0v) is 23.4. The van der Waals surface area contributed by atoms with Gasteiger partial charge in [-0.15, -0.1) is 0 Å². The molecule has 0 saturated carbocycles. The molecular weight excluding hydrogens is 534 g/mol. The van der Waals surface area contributed by atoms with Crippen LogP contribution in [0.5, 0.6) is 17.2 Å². The summed E-state index contributed by atoms with van der Waals surface area (Å²) >= 11 is 0. The lowest BCUT2D eigenvalue weighted by molar-refractivity contribution is 0.0502. The van der Waals surface area contributed by atoms with Crippen LogP contribution in [0.4, 0.5) is 11.8 Å². The summed E-state index contributed by atoms with van der Waals surface area (Å²) in [6, 6.07) is 3.64. The highest BCUT2D eigenvalue weighted by molar-refractivity contribution is 5.88. The number of rotatable bonds is 9. The normalized spacial score (nSPS) is 13.3. The van der Waals surface area contributed by atoms with E-state index >= 15 is 0 Å². The number of anilines is 2. The topological polar surface area (TPSA) is 165 Å². The van der Waals surface area contributed by atoms with E-state index in [2.05, 4.69) is 19.7 Å². The predicted octanol–water partition coefficient (Wildman–Crippen LogP) is 1.35. The minimum absolute atomic E-state index is 0.150. The first kappa shape index (κ1) is 27.8. The minimum Gasteiger partial charge on any atom is -0.493 e. The summed E-state index contributed by atoms with van der Waals surface area (Å²) in [4.78, 5) is 43.1. The number of carbonyl (C=O) groups excluding carboxylic acids is 1. The molecule has 1 aliphatic heterocycles. The molecule has 0 amide bonds. The van der Waals surface area contributed by atoms with Crippen LogP contribution in [-0.4, -0.2) is 90.1 Å². The largest absolute Gasteiger partial charge is 0.493 e. The van der Waals surface area contributed by atoms with Gasteiger partial charge in [0.15, 0.2) is 34.3 Å². The zero-order valence-electron chi connectivity index (χ0n) is 23.4. The monoisotopic (exact) mass is 565 g/mol. The fourth-order valence-electron chi connectivity index (χ4n) is 4.54. The number of nitrogens with two attached hydrogens (primary N) is 1. The van der Waals surface area contributed by atoms with Crippen LogP contribution in [0.2, 0.25) is 0 Å².